The molecule has 0 aromatic rings. The fraction of sp³-hybridized carbons (Fsp3) is 1.00. The molecule has 0 aromatic carbocycles. The van der Waals surface area contributed by atoms with Crippen molar-refractivity contribution in [1.82, 2.24) is 0 Å². The van der Waals surface area contributed by atoms with E-state index in [1.165, 1.54) is 153 Å². The second kappa shape index (κ2) is 32.2. The first-order valence-corrected chi connectivity index (χ1v) is 23.6. The van der Waals surface area contributed by atoms with Gasteiger partial charge in [-0.15, -0.1) is 0 Å². The van der Waals surface area contributed by atoms with Crippen LogP contribution in [0.25, 0.3) is 0 Å². The Hall–Kier alpha value is 0.250. The molecule has 7 heteroatoms. The molecule has 0 saturated carbocycles. The van der Waals surface area contributed by atoms with Gasteiger partial charge in [-0.1, -0.05) is 181 Å². The van der Waals surface area contributed by atoms with Gasteiger partial charge in [0, 0.05) is 11.5 Å². The van der Waals surface area contributed by atoms with Crippen LogP contribution in [0.5, 0.6) is 0 Å². The molecule has 0 aliphatic carbocycles. The van der Waals surface area contributed by atoms with Crippen LogP contribution in [0.3, 0.4) is 0 Å². The van der Waals surface area contributed by atoms with Gasteiger partial charge in [0.1, 0.15) is 0 Å². The maximum atomic E-state index is 12.3. The molecule has 0 fully saturated rings. The van der Waals surface area contributed by atoms with Gasteiger partial charge in [0.2, 0.25) is 0 Å². The lowest BCUT2D eigenvalue weighted by molar-refractivity contribution is 0.537. The molecular weight excluding hydrogens is 593 g/mol. The van der Waals surface area contributed by atoms with Crippen molar-refractivity contribution in [3.63, 3.8) is 0 Å². The Labute approximate surface area is 275 Å². The lowest BCUT2D eigenvalue weighted by Gasteiger charge is -2.07. The summed E-state index contributed by atoms with van der Waals surface area (Å²) in [5, 5.41) is 0. The van der Waals surface area contributed by atoms with Crippen molar-refractivity contribution in [1.29, 1.82) is 0 Å². The van der Waals surface area contributed by atoms with Crippen LogP contribution < -0.4 is 0 Å². The zero-order chi connectivity index (χ0) is 31.7. The molecule has 0 bridgehead atoms. The lowest BCUT2D eigenvalue weighted by Crippen LogP contribution is -2.15. The first-order chi connectivity index (χ1) is 20.8. The van der Waals surface area contributed by atoms with E-state index in [0.29, 0.717) is 11.5 Å². The predicted molar refractivity (Wildman–Crippen MR) is 195 cm³/mol. The second-order valence-corrected chi connectivity index (χ2v) is 18.9. The van der Waals surface area contributed by atoms with E-state index in [-0.39, 0.29) is 23.0 Å². The molecule has 43 heavy (non-hydrogen) atoms. The molecule has 0 heterocycles. The highest BCUT2D eigenvalue weighted by molar-refractivity contribution is 8.01. The zero-order valence-electron chi connectivity index (χ0n) is 28.9. The number of unbranched alkanes of at least 4 members (excludes halogenated alkanes) is 26. The van der Waals surface area contributed by atoms with Crippen LogP contribution in [0.1, 0.15) is 194 Å². The Kier molecular flexibility index (Phi) is 32.4. The predicted octanol–water partition coefficient (Wildman–Crippen LogP) is 11.5. The summed E-state index contributed by atoms with van der Waals surface area (Å²) in [7, 11) is -6.04. The molecule has 0 N–H and O–H groups in total. The molecular formula is C36H74O4S3. The molecule has 0 amide bonds. The Morgan fingerprint density at radius 1 is 0.302 bits per heavy atom. The fourth-order valence-electron chi connectivity index (χ4n) is 5.71. The van der Waals surface area contributed by atoms with Crippen molar-refractivity contribution in [2.24, 2.45) is 0 Å². The molecule has 0 radical (unpaired) electrons. The van der Waals surface area contributed by atoms with Crippen molar-refractivity contribution in [3.8, 4) is 0 Å². The van der Waals surface area contributed by atoms with Gasteiger partial charge in [0.25, 0.3) is 0 Å². The van der Waals surface area contributed by atoms with Crippen LogP contribution in [0.4, 0.5) is 0 Å². The highest BCUT2D eigenvalue weighted by atomic mass is 32.2. The summed E-state index contributed by atoms with van der Waals surface area (Å²) < 4.78 is 49.3. The third kappa shape index (κ3) is 35.0. The minimum Gasteiger partial charge on any atom is -0.229 e. The molecule has 0 saturated heterocycles. The van der Waals surface area contributed by atoms with Crippen LogP contribution in [0.2, 0.25) is 0 Å². The van der Waals surface area contributed by atoms with E-state index in [1.807, 2.05) is 0 Å². The Morgan fingerprint density at radius 2 is 0.512 bits per heavy atom. The normalized spacial score (nSPS) is 12.3. The third-order valence-electron chi connectivity index (χ3n) is 8.70. The monoisotopic (exact) mass is 666 g/mol. The molecule has 0 aliphatic heterocycles. The first kappa shape index (κ1) is 43.2. The molecule has 0 atom stereocenters. The van der Waals surface area contributed by atoms with E-state index >= 15 is 0 Å². The summed E-state index contributed by atoms with van der Waals surface area (Å²) >= 11 is 1.47. The van der Waals surface area contributed by atoms with Gasteiger partial charge < -0.3 is 0 Å². The summed E-state index contributed by atoms with van der Waals surface area (Å²) in [6.45, 7) is 4.53. The van der Waals surface area contributed by atoms with Gasteiger partial charge in [-0.05, 0) is 12.8 Å². The third-order valence-corrected chi connectivity index (χ3v) is 13.7. The molecule has 0 spiro atoms. The standard InChI is InChI=1S/C36H74O4S3/c1-3-5-7-9-11-13-15-17-19-21-23-25-27-29-33-42(37,38)35-31-41-32-36-43(39,40)34-30-28-26-24-22-20-18-16-14-12-10-8-6-4-2/h3-36H2,1-2H3. The smallest absolute Gasteiger partial charge is 0.151 e. The molecule has 0 aromatic heterocycles. The summed E-state index contributed by atoms with van der Waals surface area (Å²) in [5.41, 5.74) is 0. The quantitative estimate of drug-likeness (QED) is 0.0622. The molecule has 0 aliphatic rings. The van der Waals surface area contributed by atoms with E-state index in [0.717, 1.165) is 38.5 Å². The van der Waals surface area contributed by atoms with E-state index in [2.05, 4.69) is 13.8 Å². The summed E-state index contributed by atoms with van der Waals surface area (Å²) in [5.74, 6) is 1.93. The fourth-order valence-corrected chi connectivity index (χ4v) is 10.6. The zero-order valence-corrected chi connectivity index (χ0v) is 31.3. The maximum Gasteiger partial charge on any atom is 0.151 e. The van der Waals surface area contributed by atoms with Crippen LogP contribution >= 0.6 is 11.8 Å². The van der Waals surface area contributed by atoms with Crippen molar-refractivity contribution in [2.45, 2.75) is 194 Å². The van der Waals surface area contributed by atoms with E-state index < -0.39 is 19.7 Å². The van der Waals surface area contributed by atoms with Gasteiger partial charge in [-0.25, -0.2) is 16.8 Å². The van der Waals surface area contributed by atoms with Crippen LogP contribution in [-0.4, -0.2) is 51.4 Å². The minimum atomic E-state index is -3.02. The average Bonchev–Trinajstić information content (AvgIpc) is 2.97. The van der Waals surface area contributed by atoms with Crippen LogP contribution in [0.15, 0.2) is 0 Å². The highest BCUT2D eigenvalue weighted by Gasteiger charge is 2.13. The van der Waals surface area contributed by atoms with Crippen molar-refractivity contribution in [3.05, 3.63) is 0 Å². The molecule has 260 valence electrons. The second-order valence-electron chi connectivity index (χ2n) is 13.1. The Bertz CT molecular complexity index is 701. The van der Waals surface area contributed by atoms with Crippen LogP contribution in [-0.2, 0) is 19.7 Å². The molecule has 0 unspecified atom stereocenters. The van der Waals surface area contributed by atoms with E-state index in [1.54, 1.807) is 0 Å². The number of rotatable bonds is 36. The van der Waals surface area contributed by atoms with Crippen LogP contribution in [0, 0.1) is 0 Å². The first-order valence-electron chi connectivity index (χ1n) is 18.8. The van der Waals surface area contributed by atoms with Crippen molar-refractivity contribution >= 4 is 31.4 Å². The molecule has 4 nitrogen and oxygen atoms in total. The number of sulfone groups is 2. The summed E-state index contributed by atoms with van der Waals surface area (Å²) in [6, 6.07) is 0. The number of hydrogen-bond donors (Lipinski definition) is 0. The van der Waals surface area contributed by atoms with Gasteiger partial charge in [-0.2, -0.15) is 11.8 Å². The SMILES string of the molecule is CCCCCCCCCCCCCCCCS(=O)(=O)CCSCCS(=O)(=O)CCCCCCCCCCCCCCCC. The largest absolute Gasteiger partial charge is 0.229 e. The minimum absolute atomic E-state index is 0.176. The topological polar surface area (TPSA) is 68.3 Å². The Balaban J connectivity index is 3.51. The maximum absolute atomic E-state index is 12.3. The van der Waals surface area contributed by atoms with Gasteiger partial charge in [0.15, 0.2) is 19.7 Å². The van der Waals surface area contributed by atoms with Gasteiger partial charge in [-0.3, -0.25) is 0 Å². The highest BCUT2D eigenvalue weighted by Crippen LogP contribution is 2.15. The summed E-state index contributed by atoms with van der Waals surface area (Å²) in [6.07, 6.45) is 35.4. The van der Waals surface area contributed by atoms with Crippen molar-refractivity contribution < 1.29 is 16.8 Å². The van der Waals surface area contributed by atoms with Gasteiger partial charge in [0.05, 0.1) is 23.0 Å². The van der Waals surface area contributed by atoms with E-state index in [4.69, 9.17) is 0 Å². The number of thioether (sulfide) groups is 1. The Morgan fingerprint density at radius 3 is 0.744 bits per heavy atom. The average molecular weight is 667 g/mol. The summed E-state index contributed by atoms with van der Waals surface area (Å²) in [4.78, 5) is 0. The van der Waals surface area contributed by atoms with E-state index in [9.17, 15) is 16.8 Å². The van der Waals surface area contributed by atoms with Crippen molar-refractivity contribution in [2.75, 3.05) is 34.5 Å². The molecule has 0 rings (SSSR count). The van der Waals surface area contributed by atoms with Gasteiger partial charge >= 0.3 is 0 Å². The lowest BCUT2D eigenvalue weighted by atomic mass is 10.0. The number of hydrogen-bond acceptors (Lipinski definition) is 5.